The second-order valence-electron chi connectivity index (χ2n) is 8.04. The molecule has 1 saturated heterocycles. The molecule has 152 valence electrons. The first-order valence-corrected chi connectivity index (χ1v) is 10.1. The number of carbonyl (C=O) groups is 1. The summed E-state index contributed by atoms with van der Waals surface area (Å²) in [5, 5.41) is 0. The van der Waals surface area contributed by atoms with E-state index in [0.29, 0.717) is 11.3 Å². The molecule has 0 saturated carbocycles. The molecular weight excluding hydrogens is 367 g/mol. The monoisotopic (exact) mass is 394 g/mol. The quantitative estimate of drug-likeness (QED) is 0.803. The molecular formula is C23H27FN4O. The molecule has 0 aromatic heterocycles. The average molecular weight is 394 g/mol. The maximum absolute atomic E-state index is 14.7. The van der Waals surface area contributed by atoms with E-state index >= 15 is 0 Å². The van der Waals surface area contributed by atoms with Gasteiger partial charge in [-0.05, 0) is 63.3 Å². The fraction of sp³-hybridized carbons (Fsp3) is 0.391. The third-order valence-electron chi connectivity index (χ3n) is 5.83. The first-order valence-electron chi connectivity index (χ1n) is 10.1. The summed E-state index contributed by atoms with van der Waals surface area (Å²) < 4.78 is 14.7. The van der Waals surface area contributed by atoms with E-state index in [1.165, 1.54) is 6.07 Å². The predicted octanol–water partition coefficient (Wildman–Crippen LogP) is 3.17. The van der Waals surface area contributed by atoms with E-state index < -0.39 is 0 Å². The van der Waals surface area contributed by atoms with E-state index in [4.69, 9.17) is 0 Å². The number of rotatable bonds is 3. The Morgan fingerprint density at radius 2 is 1.79 bits per heavy atom. The zero-order chi connectivity index (χ0) is 20.5. The van der Waals surface area contributed by atoms with Crippen molar-refractivity contribution in [1.29, 1.82) is 0 Å². The first-order chi connectivity index (χ1) is 14.0. The number of fused-ring (bicyclic) bond motifs is 1. The smallest absolute Gasteiger partial charge is 0.248 e. The highest BCUT2D eigenvalue weighted by Crippen LogP contribution is 2.34. The van der Waals surface area contributed by atoms with Crippen molar-refractivity contribution in [2.24, 2.45) is 4.99 Å². The Kier molecular flexibility index (Phi) is 5.37. The fourth-order valence-electron chi connectivity index (χ4n) is 4.18. The largest absolute Gasteiger partial charge is 0.378 e. The number of aliphatic imine (C=N–C) groups is 1. The van der Waals surface area contributed by atoms with Gasteiger partial charge in [-0.25, -0.2) is 4.39 Å². The molecule has 2 aromatic carbocycles. The van der Waals surface area contributed by atoms with E-state index in [0.717, 1.165) is 42.9 Å². The number of nitrogens with zero attached hydrogens (tertiary/aromatic N) is 4. The number of benzene rings is 2. The van der Waals surface area contributed by atoms with Crippen molar-refractivity contribution in [3.63, 3.8) is 0 Å². The lowest BCUT2D eigenvalue weighted by atomic mass is 9.96. The molecule has 2 heterocycles. The van der Waals surface area contributed by atoms with Gasteiger partial charge in [-0.2, -0.15) is 0 Å². The van der Waals surface area contributed by atoms with Crippen LogP contribution in [0, 0.1) is 5.82 Å². The molecule has 2 aliphatic rings. The molecule has 0 unspecified atom stereocenters. The summed E-state index contributed by atoms with van der Waals surface area (Å²) in [4.78, 5) is 23.9. The van der Waals surface area contributed by atoms with Gasteiger partial charge in [0.05, 0.1) is 11.4 Å². The van der Waals surface area contributed by atoms with Crippen LogP contribution in [-0.4, -0.2) is 63.3 Å². The molecule has 4 rings (SSSR count). The molecule has 1 amide bonds. The van der Waals surface area contributed by atoms with Gasteiger partial charge in [0.1, 0.15) is 12.4 Å². The van der Waals surface area contributed by atoms with Gasteiger partial charge in [0, 0.05) is 37.0 Å². The molecule has 1 fully saturated rings. The molecule has 0 bridgehead atoms. The molecule has 0 aliphatic carbocycles. The number of amides is 1. The van der Waals surface area contributed by atoms with Gasteiger partial charge >= 0.3 is 0 Å². The first kappa shape index (κ1) is 19.6. The Bertz CT molecular complexity index is 948. The van der Waals surface area contributed by atoms with Crippen LogP contribution in [0.1, 0.15) is 24.0 Å². The Balaban J connectivity index is 1.86. The number of benzodiazepines with no additional fused rings is 1. The lowest BCUT2D eigenvalue weighted by molar-refractivity contribution is -0.117. The van der Waals surface area contributed by atoms with Crippen LogP contribution in [0.15, 0.2) is 47.5 Å². The van der Waals surface area contributed by atoms with E-state index in [1.807, 2.05) is 42.1 Å². The summed E-state index contributed by atoms with van der Waals surface area (Å²) in [6.45, 7) is 1.95. The van der Waals surface area contributed by atoms with Gasteiger partial charge in [0.15, 0.2) is 0 Å². The number of halogens is 1. The van der Waals surface area contributed by atoms with E-state index in [-0.39, 0.29) is 24.3 Å². The summed E-state index contributed by atoms with van der Waals surface area (Å²) in [6.07, 6.45) is 1.85. The van der Waals surface area contributed by atoms with Crippen molar-refractivity contribution in [2.75, 3.05) is 50.6 Å². The highest BCUT2D eigenvalue weighted by Gasteiger charge is 2.33. The molecule has 6 heteroatoms. The third kappa shape index (κ3) is 3.77. The average Bonchev–Trinajstić information content (AvgIpc) is 2.85. The molecule has 0 radical (unpaired) electrons. The summed E-state index contributed by atoms with van der Waals surface area (Å²) >= 11 is 0. The summed E-state index contributed by atoms with van der Waals surface area (Å²) in [5.74, 6) is -0.350. The van der Waals surface area contributed by atoms with Crippen molar-refractivity contribution in [2.45, 2.75) is 18.9 Å². The van der Waals surface area contributed by atoms with Crippen molar-refractivity contribution in [1.82, 2.24) is 4.90 Å². The molecule has 2 aliphatic heterocycles. The number of anilines is 2. The minimum absolute atomic E-state index is 0.0234. The van der Waals surface area contributed by atoms with Crippen molar-refractivity contribution in [3.05, 3.63) is 59.4 Å². The van der Waals surface area contributed by atoms with Crippen molar-refractivity contribution >= 4 is 23.0 Å². The number of hydrogen-bond acceptors (Lipinski definition) is 4. The molecule has 0 N–H and O–H groups in total. The van der Waals surface area contributed by atoms with Crippen LogP contribution in [0.4, 0.5) is 15.8 Å². The molecule has 29 heavy (non-hydrogen) atoms. The number of likely N-dealkylation sites (tertiary alicyclic amines) is 1. The maximum atomic E-state index is 14.7. The van der Waals surface area contributed by atoms with Gasteiger partial charge in [-0.3, -0.25) is 9.79 Å². The fourth-order valence-corrected chi connectivity index (χ4v) is 4.18. The van der Waals surface area contributed by atoms with Crippen molar-refractivity contribution in [3.8, 4) is 0 Å². The van der Waals surface area contributed by atoms with Crippen LogP contribution in [0.2, 0.25) is 0 Å². The van der Waals surface area contributed by atoms with Gasteiger partial charge in [-0.15, -0.1) is 0 Å². The van der Waals surface area contributed by atoms with Crippen LogP contribution in [0.25, 0.3) is 0 Å². The zero-order valence-corrected chi connectivity index (χ0v) is 17.2. The highest BCUT2D eigenvalue weighted by atomic mass is 19.1. The zero-order valence-electron chi connectivity index (χ0n) is 17.2. The number of hydrogen-bond donors (Lipinski definition) is 0. The summed E-state index contributed by atoms with van der Waals surface area (Å²) in [7, 11) is 6.05. The van der Waals surface area contributed by atoms with Crippen molar-refractivity contribution < 1.29 is 9.18 Å². The standard InChI is InChI=1S/C23H27FN4O/c1-26(2)17-8-9-21-19(14-17)23(18-6-4-5-7-20(18)24)25-15-22(29)28(21)16-10-12-27(3)13-11-16/h4-9,14,16H,10-13,15H2,1-3H3. The SMILES string of the molecule is CN1CCC(N2C(=O)CN=C(c3ccccc3F)c3cc(N(C)C)ccc32)CC1. The maximum Gasteiger partial charge on any atom is 0.248 e. The Morgan fingerprint density at radius 1 is 1.07 bits per heavy atom. The van der Waals surface area contributed by atoms with E-state index in [1.54, 1.807) is 18.2 Å². The minimum Gasteiger partial charge on any atom is -0.378 e. The Morgan fingerprint density at radius 3 is 2.48 bits per heavy atom. The third-order valence-corrected chi connectivity index (χ3v) is 5.83. The van der Waals surface area contributed by atoms with E-state index in [2.05, 4.69) is 16.9 Å². The number of carbonyl (C=O) groups excluding carboxylic acids is 1. The lowest BCUT2D eigenvalue weighted by Gasteiger charge is -2.37. The Labute approximate surface area is 171 Å². The van der Waals surface area contributed by atoms with Gasteiger partial charge < -0.3 is 14.7 Å². The van der Waals surface area contributed by atoms with E-state index in [9.17, 15) is 9.18 Å². The lowest BCUT2D eigenvalue weighted by Crippen LogP contribution is -2.47. The molecule has 0 spiro atoms. The normalized spacial score (nSPS) is 18.3. The summed E-state index contributed by atoms with van der Waals surface area (Å²) in [5.41, 5.74) is 3.61. The summed E-state index contributed by atoms with van der Waals surface area (Å²) in [6, 6.07) is 12.8. The highest BCUT2D eigenvalue weighted by molar-refractivity contribution is 6.20. The van der Waals surface area contributed by atoms with Crippen LogP contribution in [-0.2, 0) is 4.79 Å². The topological polar surface area (TPSA) is 39.1 Å². The Hall–Kier alpha value is -2.73. The van der Waals surface area contributed by atoms with Gasteiger partial charge in [0.2, 0.25) is 5.91 Å². The predicted molar refractivity (Wildman–Crippen MR) is 116 cm³/mol. The van der Waals surface area contributed by atoms with Crippen LogP contribution >= 0.6 is 0 Å². The van der Waals surface area contributed by atoms with Gasteiger partial charge in [-0.1, -0.05) is 12.1 Å². The molecule has 0 atom stereocenters. The van der Waals surface area contributed by atoms with Crippen LogP contribution in [0.5, 0.6) is 0 Å². The minimum atomic E-state index is -0.326. The second-order valence-corrected chi connectivity index (χ2v) is 8.04. The molecule has 2 aromatic rings. The second kappa shape index (κ2) is 7.95. The number of piperidine rings is 1. The molecule has 5 nitrogen and oxygen atoms in total. The van der Waals surface area contributed by atoms with Crippen LogP contribution < -0.4 is 9.80 Å². The van der Waals surface area contributed by atoms with Crippen LogP contribution in [0.3, 0.4) is 0 Å². The van der Waals surface area contributed by atoms with Gasteiger partial charge in [0.25, 0.3) is 0 Å².